The van der Waals surface area contributed by atoms with Gasteiger partial charge >= 0.3 is 0 Å². The van der Waals surface area contributed by atoms with Crippen LogP contribution in [0.15, 0.2) is 12.3 Å². The van der Waals surface area contributed by atoms with Crippen LogP contribution >= 0.6 is 0 Å². The molecule has 0 aliphatic heterocycles. The lowest BCUT2D eigenvalue weighted by Gasteiger charge is -2.09. The molecule has 114 valence electrons. The van der Waals surface area contributed by atoms with Crippen molar-refractivity contribution < 1.29 is 0 Å². The van der Waals surface area contributed by atoms with Crippen LogP contribution in [0.5, 0.6) is 0 Å². The molecule has 2 rings (SSSR count). The van der Waals surface area contributed by atoms with Crippen molar-refractivity contribution >= 4 is 11.8 Å². The van der Waals surface area contributed by atoms with Crippen LogP contribution in [0.4, 0.5) is 11.8 Å². The molecule has 0 aromatic carbocycles. The van der Waals surface area contributed by atoms with E-state index in [4.69, 9.17) is 0 Å². The Morgan fingerprint density at radius 2 is 2.00 bits per heavy atom. The lowest BCUT2D eigenvalue weighted by atomic mass is 10.2. The maximum Gasteiger partial charge on any atom is 0.224 e. The summed E-state index contributed by atoms with van der Waals surface area (Å²) in [6.45, 7) is 7.82. The minimum Gasteiger partial charge on any atom is -0.366 e. The third-order valence-electron chi connectivity index (χ3n) is 3.17. The maximum atomic E-state index is 4.49. The first kappa shape index (κ1) is 15.3. The topological polar surface area (TPSA) is 67.7 Å². The summed E-state index contributed by atoms with van der Waals surface area (Å²) in [7, 11) is 1.95. The molecule has 0 saturated heterocycles. The third-order valence-corrected chi connectivity index (χ3v) is 3.17. The average molecular weight is 288 g/mol. The van der Waals surface area contributed by atoms with Gasteiger partial charge in [-0.1, -0.05) is 13.8 Å². The number of aryl methyl sites for hydroxylation is 3. The Hall–Kier alpha value is -2.11. The Balaban J connectivity index is 2.06. The first-order valence-electron chi connectivity index (χ1n) is 7.47. The second-order valence-electron chi connectivity index (χ2n) is 5.13. The highest BCUT2D eigenvalue weighted by molar-refractivity contribution is 5.42. The Kier molecular flexibility index (Phi) is 5.14. The van der Waals surface area contributed by atoms with E-state index in [0.717, 1.165) is 43.1 Å². The molecule has 0 atom stereocenters. The fraction of sp³-hybridized carbons (Fsp3) is 0.533. The molecular formula is C15H24N6. The molecule has 2 N–H and O–H groups in total. The van der Waals surface area contributed by atoms with Crippen molar-refractivity contribution in [2.45, 2.75) is 40.2 Å². The molecule has 0 aliphatic carbocycles. The van der Waals surface area contributed by atoms with E-state index < -0.39 is 0 Å². The lowest BCUT2D eigenvalue weighted by molar-refractivity contribution is 0.746. The van der Waals surface area contributed by atoms with E-state index in [2.05, 4.69) is 45.7 Å². The van der Waals surface area contributed by atoms with Gasteiger partial charge in [-0.05, 0) is 19.8 Å². The van der Waals surface area contributed by atoms with Crippen LogP contribution in [-0.2, 0) is 20.0 Å². The van der Waals surface area contributed by atoms with Crippen molar-refractivity contribution in [3.05, 3.63) is 29.2 Å². The van der Waals surface area contributed by atoms with Gasteiger partial charge in [0.2, 0.25) is 5.95 Å². The van der Waals surface area contributed by atoms with Crippen molar-refractivity contribution in [1.82, 2.24) is 19.7 Å². The van der Waals surface area contributed by atoms with Gasteiger partial charge in [-0.2, -0.15) is 10.1 Å². The summed E-state index contributed by atoms with van der Waals surface area (Å²) in [6, 6.07) is 1.96. The molecule has 0 amide bonds. The van der Waals surface area contributed by atoms with Crippen molar-refractivity contribution in [1.29, 1.82) is 0 Å². The van der Waals surface area contributed by atoms with Crippen LogP contribution in [0.2, 0.25) is 0 Å². The number of anilines is 2. The van der Waals surface area contributed by atoms with Gasteiger partial charge in [0.05, 0.1) is 5.69 Å². The highest BCUT2D eigenvalue weighted by atomic mass is 15.3. The first-order chi connectivity index (χ1) is 10.1. The van der Waals surface area contributed by atoms with Gasteiger partial charge in [0.1, 0.15) is 5.82 Å². The summed E-state index contributed by atoms with van der Waals surface area (Å²) in [5.41, 5.74) is 3.28. The molecule has 0 radical (unpaired) electrons. The van der Waals surface area contributed by atoms with Gasteiger partial charge in [-0.3, -0.25) is 4.68 Å². The lowest BCUT2D eigenvalue weighted by Crippen LogP contribution is -2.08. The summed E-state index contributed by atoms with van der Waals surface area (Å²) in [4.78, 5) is 8.87. The summed E-state index contributed by atoms with van der Waals surface area (Å²) in [5.74, 6) is 1.52. The normalized spacial score (nSPS) is 10.7. The fourth-order valence-electron chi connectivity index (χ4n) is 2.19. The predicted molar refractivity (Wildman–Crippen MR) is 85.5 cm³/mol. The Bertz CT molecular complexity index is 590. The molecule has 2 aromatic heterocycles. The van der Waals surface area contributed by atoms with Crippen LogP contribution in [0.1, 0.15) is 37.2 Å². The van der Waals surface area contributed by atoms with Gasteiger partial charge in [-0.25, -0.2) is 4.98 Å². The quantitative estimate of drug-likeness (QED) is 0.819. The Morgan fingerprint density at radius 1 is 1.19 bits per heavy atom. The molecule has 0 aliphatic rings. The predicted octanol–water partition coefficient (Wildman–Crippen LogP) is 2.51. The second-order valence-corrected chi connectivity index (χ2v) is 5.13. The van der Waals surface area contributed by atoms with Crippen LogP contribution in [-0.4, -0.2) is 26.3 Å². The summed E-state index contributed by atoms with van der Waals surface area (Å²) >= 11 is 0. The molecule has 0 fully saturated rings. The second kappa shape index (κ2) is 7.06. The third kappa shape index (κ3) is 4.18. The molecule has 2 aromatic rings. The van der Waals surface area contributed by atoms with Crippen molar-refractivity contribution in [3.8, 4) is 0 Å². The molecule has 0 spiro atoms. The monoisotopic (exact) mass is 288 g/mol. The minimum atomic E-state index is 0.682. The molecule has 21 heavy (non-hydrogen) atoms. The average Bonchev–Trinajstić information content (AvgIpc) is 2.82. The Morgan fingerprint density at radius 3 is 2.71 bits per heavy atom. The number of nitrogens with zero attached hydrogens (tertiary/aromatic N) is 4. The number of nitrogens with one attached hydrogen (secondary N) is 2. The molecule has 6 heteroatoms. The highest BCUT2D eigenvalue weighted by Crippen LogP contribution is 2.13. The summed E-state index contributed by atoms with van der Waals surface area (Å²) in [6.07, 6.45) is 4.04. The number of aromatic nitrogens is 4. The van der Waals surface area contributed by atoms with E-state index in [1.165, 1.54) is 5.56 Å². The zero-order chi connectivity index (χ0) is 15.2. The SMILES string of the molecule is CCCNc1nc(C)cc(NCc2cn(C)nc2CC)n1. The van der Waals surface area contributed by atoms with Crippen LogP contribution in [0.25, 0.3) is 0 Å². The van der Waals surface area contributed by atoms with Crippen LogP contribution in [0, 0.1) is 6.92 Å². The highest BCUT2D eigenvalue weighted by Gasteiger charge is 2.07. The zero-order valence-corrected chi connectivity index (χ0v) is 13.3. The van der Waals surface area contributed by atoms with E-state index >= 15 is 0 Å². The molecule has 0 unspecified atom stereocenters. The Labute approximate surface area is 126 Å². The molecule has 0 bridgehead atoms. The van der Waals surface area contributed by atoms with Crippen molar-refractivity contribution in [2.75, 3.05) is 17.2 Å². The fourth-order valence-corrected chi connectivity index (χ4v) is 2.19. The van der Waals surface area contributed by atoms with E-state index in [0.29, 0.717) is 5.95 Å². The van der Waals surface area contributed by atoms with Crippen LogP contribution in [0.3, 0.4) is 0 Å². The van der Waals surface area contributed by atoms with E-state index in [9.17, 15) is 0 Å². The van der Waals surface area contributed by atoms with Gasteiger partial charge < -0.3 is 10.6 Å². The van der Waals surface area contributed by atoms with Crippen LogP contribution < -0.4 is 10.6 Å². The zero-order valence-electron chi connectivity index (χ0n) is 13.3. The van der Waals surface area contributed by atoms with Crippen molar-refractivity contribution in [3.63, 3.8) is 0 Å². The van der Waals surface area contributed by atoms with Gasteiger partial charge in [0.25, 0.3) is 0 Å². The molecule has 2 heterocycles. The molecular weight excluding hydrogens is 264 g/mol. The minimum absolute atomic E-state index is 0.682. The van der Waals surface area contributed by atoms with Crippen molar-refractivity contribution in [2.24, 2.45) is 7.05 Å². The maximum absolute atomic E-state index is 4.49. The first-order valence-corrected chi connectivity index (χ1v) is 7.47. The standard InChI is InChI=1S/C15H24N6/c1-5-7-16-15-18-11(3)8-14(19-15)17-9-12-10-21(4)20-13(12)6-2/h8,10H,5-7,9H2,1-4H3,(H2,16,17,18,19). The van der Waals surface area contributed by atoms with E-state index in [1.54, 1.807) is 0 Å². The summed E-state index contributed by atoms with van der Waals surface area (Å²) in [5, 5.41) is 11.0. The molecule has 0 saturated carbocycles. The smallest absolute Gasteiger partial charge is 0.224 e. The number of hydrogen-bond donors (Lipinski definition) is 2. The number of hydrogen-bond acceptors (Lipinski definition) is 5. The van der Waals surface area contributed by atoms with Gasteiger partial charge in [0.15, 0.2) is 0 Å². The summed E-state index contributed by atoms with van der Waals surface area (Å²) < 4.78 is 1.86. The van der Waals surface area contributed by atoms with Gasteiger partial charge in [-0.15, -0.1) is 0 Å². The van der Waals surface area contributed by atoms with E-state index in [1.807, 2.05) is 24.7 Å². The largest absolute Gasteiger partial charge is 0.366 e. The van der Waals surface area contributed by atoms with E-state index in [-0.39, 0.29) is 0 Å². The number of rotatable bonds is 7. The van der Waals surface area contributed by atoms with Gasteiger partial charge in [0, 0.05) is 43.7 Å². The molecule has 6 nitrogen and oxygen atoms in total.